The molecule has 0 aliphatic carbocycles. The van der Waals surface area contributed by atoms with Gasteiger partial charge in [0.05, 0.1) is 17.8 Å². The van der Waals surface area contributed by atoms with E-state index >= 15 is 0 Å². The smallest absolute Gasteiger partial charge is 0.419 e. The third kappa shape index (κ3) is 6.09. The molecule has 0 spiro atoms. The van der Waals surface area contributed by atoms with Crippen molar-refractivity contribution in [2.45, 2.75) is 45.1 Å². The van der Waals surface area contributed by atoms with Crippen LogP contribution in [0.5, 0.6) is 5.75 Å². The van der Waals surface area contributed by atoms with Crippen molar-refractivity contribution in [2.24, 2.45) is 5.92 Å². The van der Waals surface area contributed by atoms with E-state index < -0.39 is 11.7 Å². The van der Waals surface area contributed by atoms with E-state index in [4.69, 9.17) is 9.47 Å². The second-order valence-electron chi connectivity index (χ2n) is 8.08. The number of carbonyl (C=O) groups excluding carboxylic acids is 1. The maximum atomic E-state index is 13.0. The summed E-state index contributed by atoms with van der Waals surface area (Å²) < 4.78 is 50.1. The molecule has 1 amide bonds. The van der Waals surface area contributed by atoms with Gasteiger partial charge in [-0.1, -0.05) is 12.1 Å². The highest BCUT2D eigenvalue weighted by Crippen LogP contribution is 2.35. The van der Waals surface area contributed by atoms with Crippen molar-refractivity contribution in [1.82, 2.24) is 9.80 Å². The molecule has 2 unspecified atom stereocenters. The summed E-state index contributed by atoms with van der Waals surface area (Å²) in [6, 6.07) is 4.97. The number of para-hydroxylation sites is 1. The number of carbonyl (C=O) groups is 1. The van der Waals surface area contributed by atoms with Crippen molar-refractivity contribution >= 4 is 5.91 Å². The van der Waals surface area contributed by atoms with Gasteiger partial charge in [0.25, 0.3) is 5.91 Å². The molecule has 2 heterocycles. The van der Waals surface area contributed by atoms with Crippen LogP contribution >= 0.6 is 0 Å². The maximum absolute atomic E-state index is 13.0. The largest absolute Gasteiger partial charge is 0.483 e. The quantitative estimate of drug-likeness (QED) is 0.740. The number of likely N-dealkylation sites (tertiary alicyclic amines) is 1. The number of alkyl halides is 3. The summed E-state index contributed by atoms with van der Waals surface area (Å²) in [4.78, 5) is 16.5. The first-order valence-corrected chi connectivity index (χ1v) is 10.2. The van der Waals surface area contributed by atoms with Gasteiger partial charge in [-0.25, -0.2) is 0 Å². The van der Waals surface area contributed by atoms with Gasteiger partial charge in [0.2, 0.25) is 0 Å². The van der Waals surface area contributed by atoms with Gasteiger partial charge < -0.3 is 14.4 Å². The molecule has 2 atom stereocenters. The zero-order chi connectivity index (χ0) is 21.0. The maximum Gasteiger partial charge on any atom is 0.419 e. The lowest BCUT2D eigenvalue weighted by Gasteiger charge is -2.39. The molecule has 0 saturated carbocycles. The van der Waals surface area contributed by atoms with Crippen LogP contribution < -0.4 is 4.74 Å². The third-order valence-corrected chi connectivity index (χ3v) is 5.52. The second kappa shape index (κ2) is 9.34. The predicted octanol–water partition coefficient (Wildman–Crippen LogP) is 3.43. The van der Waals surface area contributed by atoms with E-state index in [1.54, 1.807) is 4.90 Å². The van der Waals surface area contributed by atoms with Crippen molar-refractivity contribution in [1.29, 1.82) is 0 Å². The Labute approximate surface area is 169 Å². The lowest BCUT2D eigenvalue weighted by molar-refractivity contribution is -0.141. The van der Waals surface area contributed by atoms with E-state index in [9.17, 15) is 18.0 Å². The zero-order valence-corrected chi connectivity index (χ0v) is 17.0. The highest BCUT2D eigenvalue weighted by molar-refractivity contribution is 5.77. The van der Waals surface area contributed by atoms with Crippen molar-refractivity contribution in [3.05, 3.63) is 29.8 Å². The summed E-state index contributed by atoms with van der Waals surface area (Å²) in [5.41, 5.74) is -0.861. The van der Waals surface area contributed by atoms with Crippen LogP contribution in [0.2, 0.25) is 0 Å². The number of piperidine rings is 1. The standard InChI is InChI=1S/C21H29F3N2O3/c1-15-11-25(12-16(2)29-15)13-17-7-9-26(10-8-17)20(27)14-28-19-6-4-3-5-18(19)21(22,23)24/h3-6,15-17H,7-14H2,1-2H3. The van der Waals surface area contributed by atoms with Gasteiger partial charge in [0.1, 0.15) is 5.75 Å². The van der Waals surface area contributed by atoms with Crippen LogP contribution in [0.1, 0.15) is 32.3 Å². The van der Waals surface area contributed by atoms with Gasteiger partial charge in [0.15, 0.2) is 6.61 Å². The highest BCUT2D eigenvalue weighted by Gasteiger charge is 2.34. The Morgan fingerprint density at radius 2 is 1.76 bits per heavy atom. The molecule has 2 aliphatic heterocycles. The molecule has 0 aromatic heterocycles. The molecule has 8 heteroatoms. The number of rotatable bonds is 5. The Bertz CT molecular complexity index is 680. The molecule has 0 radical (unpaired) electrons. The number of nitrogens with zero attached hydrogens (tertiary/aromatic N) is 2. The number of morpholine rings is 1. The Hall–Kier alpha value is -1.80. The third-order valence-electron chi connectivity index (χ3n) is 5.52. The van der Waals surface area contributed by atoms with E-state index in [-0.39, 0.29) is 30.5 Å². The molecule has 1 aromatic rings. The normalized spacial score (nSPS) is 24.5. The van der Waals surface area contributed by atoms with Crippen molar-refractivity contribution < 1.29 is 27.4 Å². The molecule has 1 aromatic carbocycles. The SMILES string of the molecule is CC1CN(CC2CCN(C(=O)COc3ccccc3C(F)(F)F)CC2)CC(C)O1. The van der Waals surface area contributed by atoms with E-state index in [1.807, 2.05) is 0 Å². The number of amides is 1. The van der Waals surface area contributed by atoms with Crippen LogP contribution in [0.3, 0.4) is 0 Å². The summed E-state index contributed by atoms with van der Waals surface area (Å²) in [6.45, 7) is 7.87. The molecule has 29 heavy (non-hydrogen) atoms. The number of halogens is 3. The molecule has 162 valence electrons. The van der Waals surface area contributed by atoms with E-state index in [1.165, 1.54) is 18.2 Å². The fourth-order valence-electron chi connectivity index (χ4n) is 4.22. The summed E-state index contributed by atoms with van der Waals surface area (Å²) in [5, 5.41) is 0. The highest BCUT2D eigenvalue weighted by atomic mass is 19.4. The molecule has 3 rings (SSSR count). The monoisotopic (exact) mass is 414 g/mol. The fraction of sp³-hybridized carbons (Fsp3) is 0.667. The minimum absolute atomic E-state index is 0.233. The first-order chi connectivity index (χ1) is 13.7. The molecule has 0 bridgehead atoms. The molecule has 0 N–H and O–H groups in total. The Balaban J connectivity index is 1.45. The van der Waals surface area contributed by atoms with Gasteiger partial charge in [0, 0.05) is 32.7 Å². The van der Waals surface area contributed by atoms with Gasteiger partial charge in [-0.15, -0.1) is 0 Å². The lowest BCUT2D eigenvalue weighted by Crippen LogP contribution is -2.49. The van der Waals surface area contributed by atoms with Crippen LogP contribution in [-0.4, -0.2) is 67.2 Å². The Morgan fingerprint density at radius 1 is 1.14 bits per heavy atom. The fourth-order valence-corrected chi connectivity index (χ4v) is 4.22. The predicted molar refractivity (Wildman–Crippen MR) is 103 cm³/mol. The van der Waals surface area contributed by atoms with Crippen LogP contribution in [-0.2, 0) is 15.7 Å². The minimum Gasteiger partial charge on any atom is -0.483 e. The first kappa shape index (κ1) is 21.9. The van der Waals surface area contributed by atoms with E-state index in [0.29, 0.717) is 19.0 Å². The summed E-state index contributed by atoms with van der Waals surface area (Å²) in [5.74, 6) is -0.0590. The average Bonchev–Trinajstić information content (AvgIpc) is 2.65. The van der Waals surface area contributed by atoms with E-state index in [2.05, 4.69) is 18.7 Å². The number of hydrogen-bond acceptors (Lipinski definition) is 4. The van der Waals surface area contributed by atoms with Crippen molar-refractivity contribution in [3.63, 3.8) is 0 Å². The van der Waals surface area contributed by atoms with Crippen LogP contribution in [0.4, 0.5) is 13.2 Å². The zero-order valence-electron chi connectivity index (χ0n) is 17.0. The summed E-state index contributed by atoms with van der Waals surface area (Å²) >= 11 is 0. The molecule has 2 fully saturated rings. The van der Waals surface area contributed by atoms with E-state index in [0.717, 1.165) is 38.5 Å². The second-order valence-corrected chi connectivity index (χ2v) is 8.08. The number of ether oxygens (including phenoxy) is 2. The topological polar surface area (TPSA) is 42.0 Å². The first-order valence-electron chi connectivity index (χ1n) is 10.2. The molecular weight excluding hydrogens is 385 g/mol. The molecule has 2 aliphatic rings. The minimum atomic E-state index is -4.51. The van der Waals surface area contributed by atoms with Crippen LogP contribution in [0.15, 0.2) is 24.3 Å². The van der Waals surface area contributed by atoms with Crippen LogP contribution in [0, 0.1) is 5.92 Å². The molecule has 2 saturated heterocycles. The summed E-state index contributed by atoms with van der Waals surface area (Å²) in [7, 11) is 0. The van der Waals surface area contributed by atoms with Crippen LogP contribution in [0.25, 0.3) is 0 Å². The lowest BCUT2D eigenvalue weighted by atomic mass is 9.95. The number of hydrogen-bond donors (Lipinski definition) is 0. The van der Waals surface area contributed by atoms with Gasteiger partial charge in [-0.2, -0.15) is 13.2 Å². The molecule has 5 nitrogen and oxygen atoms in total. The number of benzene rings is 1. The average molecular weight is 414 g/mol. The van der Waals surface area contributed by atoms with Gasteiger partial charge >= 0.3 is 6.18 Å². The Morgan fingerprint density at radius 3 is 2.38 bits per heavy atom. The van der Waals surface area contributed by atoms with Crippen molar-refractivity contribution in [3.8, 4) is 5.75 Å². The van der Waals surface area contributed by atoms with Crippen molar-refractivity contribution in [2.75, 3.05) is 39.3 Å². The Kier molecular flexibility index (Phi) is 7.05. The molecular formula is C21H29F3N2O3. The van der Waals surface area contributed by atoms with Gasteiger partial charge in [-0.05, 0) is 44.7 Å². The summed E-state index contributed by atoms with van der Waals surface area (Å²) in [6.07, 6.45) is -2.25. The van der Waals surface area contributed by atoms with Gasteiger partial charge in [-0.3, -0.25) is 9.69 Å².